The Bertz CT molecular complexity index is 837. The lowest BCUT2D eigenvalue weighted by Gasteiger charge is -2.28. The van der Waals surface area contributed by atoms with E-state index >= 15 is 0 Å². The number of hydrogen-bond acceptors (Lipinski definition) is 4. The number of aromatic nitrogens is 4. The summed E-state index contributed by atoms with van der Waals surface area (Å²) in [7, 11) is 0. The minimum atomic E-state index is -4.43. The van der Waals surface area contributed by atoms with E-state index in [2.05, 4.69) is 15.1 Å². The summed E-state index contributed by atoms with van der Waals surface area (Å²) in [5.74, 6) is -2.81. The van der Waals surface area contributed by atoms with Gasteiger partial charge in [-0.05, 0) is 19.1 Å². The SMILES string of the molecule is CSC(Cc1nc2c(cnn2C2CCC(F)(F)CC2)c(=O)[nH]1)C(F)(F)F. The second kappa shape index (κ2) is 6.82. The van der Waals surface area contributed by atoms with Crippen LogP contribution in [0.25, 0.3) is 11.0 Å². The highest BCUT2D eigenvalue weighted by molar-refractivity contribution is 7.99. The number of alkyl halides is 5. The minimum absolute atomic E-state index is 0.0953. The number of aromatic amines is 1. The molecule has 26 heavy (non-hydrogen) atoms. The maximum atomic E-state index is 13.3. The zero-order valence-electron chi connectivity index (χ0n) is 13.8. The van der Waals surface area contributed by atoms with Crippen molar-refractivity contribution in [1.29, 1.82) is 0 Å². The summed E-state index contributed by atoms with van der Waals surface area (Å²) in [6, 6.07) is -0.353. The molecule has 0 amide bonds. The maximum absolute atomic E-state index is 13.3. The van der Waals surface area contributed by atoms with E-state index in [1.807, 2.05) is 0 Å². The van der Waals surface area contributed by atoms with Gasteiger partial charge in [-0.3, -0.25) is 4.79 Å². The van der Waals surface area contributed by atoms with E-state index in [0.29, 0.717) is 11.8 Å². The van der Waals surface area contributed by atoms with E-state index in [1.165, 1.54) is 17.1 Å². The standard InChI is InChI=1S/C15H17F5N4OS/c1-26-10(15(18,19)20)6-11-22-12-9(13(25)23-11)7-21-24(12)8-2-4-14(16,17)5-3-8/h7-8,10H,2-6H2,1H3,(H,22,23,25). The summed E-state index contributed by atoms with van der Waals surface area (Å²) in [5.41, 5.74) is -0.444. The fourth-order valence-corrected chi connectivity index (χ4v) is 3.72. The van der Waals surface area contributed by atoms with Crippen LogP contribution in [-0.4, -0.2) is 43.4 Å². The van der Waals surface area contributed by atoms with Gasteiger partial charge in [0, 0.05) is 19.3 Å². The van der Waals surface area contributed by atoms with Crippen molar-refractivity contribution in [3.05, 3.63) is 22.4 Å². The topological polar surface area (TPSA) is 63.6 Å². The van der Waals surface area contributed by atoms with Crippen LogP contribution in [0.1, 0.15) is 37.5 Å². The Morgan fingerprint density at radius 3 is 2.62 bits per heavy atom. The van der Waals surface area contributed by atoms with Crippen LogP contribution in [-0.2, 0) is 6.42 Å². The molecule has 0 aromatic carbocycles. The van der Waals surface area contributed by atoms with Gasteiger partial charge in [0.1, 0.15) is 16.5 Å². The van der Waals surface area contributed by atoms with Gasteiger partial charge in [-0.1, -0.05) is 0 Å². The Labute approximate surface area is 149 Å². The van der Waals surface area contributed by atoms with Crippen LogP contribution in [0.3, 0.4) is 0 Å². The van der Waals surface area contributed by atoms with Gasteiger partial charge in [0.2, 0.25) is 5.92 Å². The molecule has 2 aromatic heterocycles. The van der Waals surface area contributed by atoms with Crippen LogP contribution in [0.2, 0.25) is 0 Å². The second-order valence-corrected chi connectivity index (χ2v) is 7.44. The average molecular weight is 396 g/mol. The van der Waals surface area contributed by atoms with Gasteiger partial charge in [0.15, 0.2) is 5.65 Å². The van der Waals surface area contributed by atoms with Crippen LogP contribution in [0.4, 0.5) is 22.0 Å². The lowest BCUT2D eigenvalue weighted by atomic mass is 9.92. The number of hydrogen-bond donors (Lipinski definition) is 1. The Hall–Kier alpha value is -1.65. The second-order valence-electron chi connectivity index (χ2n) is 6.40. The number of nitrogens with one attached hydrogen (secondary N) is 1. The first kappa shape index (κ1) is 19.1. The van der Waals surface area contributed by atoms with Gasteiger partial charge < -0.3 is 4.98 Å². The van der Waals surface area contributed by atoms with Gasteiger partial charge >= 0.3 is 6.18 Å². The Kier molecular flexibility index (Phi) is 5.02. The Balaban J connectivity index is 1.93. The molecule has 0 radical (unpaired) electrons. The normalized spacial score (nSPS) is 19.8. The van der Waals surface area contributed by atoms with Crippen LogP contribution < -0.4 is 5.56 Å². The monoisotopic (exact) mass is 396 g/mol. The fraction of sp³-hybridized carbons (Fsp3) is 0.667. The third-order valence-electron chi connectivity index (χ3n) is 4.57. The molecule has 1 atom stereocenters. The summed E-state index contributed by atoms with van der Waals surface area (Å²) in [6.45, 7) is 0. The molecule has 144 valence electrons. The molecule has 1 unspecified atom stereocenters. The highest BCUT2D eigenvalue weighted by Gasteiger charge is 2.40. The smallest absolute Gasteiger partial charge is 0.310 e. The summed E-state index contributed by atoms with van der Waals surface area (Å²) < 4.78 is 67.0. The molecule has 1 aliphatic carbocycles. The first-order valence-electron chi connectivity index (χ1n) is 8.04. The van der Waals surface area contributed by atoms with E-state index < -0.39 is 29.3 Å². The molecule has 0 aliphatic heterocycles. The van der Waals surface area contributed by atoms with Gasteiger partial charge in [-0.2, -0.15) is 30.0 Å². The predicted octanol–water partition coefficient (Wildman–Crippen LogP) is 3.71. The van der Waals surface area contributed by atoms with Gasteiger partial charge in [-0.15, -0.1) is 0 Å². The summed E-state index contributed by atoms with van der Waals surface area (Å²) >= 11 is 0.624. The largest absolute Gasteiger partial charge is 0.400 e. The summed E-state index contributed by atoms with van der Waals surface area (Å²) in [5, 5.41) is 2.52. The minimum Gasteiger partial charge on any atom is -0.310 e. The average Bonchev–Trinajstić information content (AvgIpc) is 2.96. The van der Waals surface area contributed by atoms with Gasteiger partial charge in [0.25, 0.3) is 5.56 Å². The number of H-pyrrole nitrogens is 1. The first-order chi connectivity index (χ1) is 12.1. The molecule has 1 saturated carbocycles. The maximum Gasteiger partial charge on any atom is 0.400 e. The van der Waals surface area contributed by atoms with Crippen LogP contribution >= 0.6 is 11.8 Å². The molecule has 1 fully saturated rings. The molecule has 1 N–H and O–H groups in total. The Morgan fingerprint density at radius 1 is 1.38 bits per heavy atom. The van der Waals surface area contributed by atoms with E-state index in [1.54, 1.807) is 0 Å². The van der Waals surface area contributed by atoms with Gasteiger partial charge in [-0.25, -0.2) is 18.4 Å². The zero-order chi connectivity index (χ0) is 19.1. The van der Waals surface area contributed by atoms with E-state index in [0.717, 1.165) is 0 Å². The van der Waals surface area contributed by atoms with Crippen molar-refractivity contribution in [3.63, 3.8) is 0 Å². The van der Waals surface area contributed by atoms with Crippen molar-refractivity contribution in [2.75, 3.05) is 6.26 Å². The van der Waals surface area contributed by atoms with Gasteiger partial charge in [0.05, 0.1) is 12.2 Å². The third kappa shape index (κ3) is 3.86. The molecule has 3 rings (SSSR count). The fourth-order valence-electron chi connectivity index (χ4n) is 3.12. The molecule has 0 saturated heterocycles. The number of rotatable bonds is 4. The van der Waals surface area contributed by atoms with Crippen LogP contribution in [0.5, 0.6) is 0 Å². The van der Waals surface area contributed by atoms with Crippen LogP contribution in [0, 0.1) is 0 Å². The van der Waals surface area contributed by atoms with E-state index in [4.69, 9.17) is 0 Å². The highest BCUT2D eigenvalue weighted by Crippen LogP contribution is 2.39. The molecule has 0 bridgehead atoms. The quantitative estimate of drug-likeness (QED) is 0.801. The molecular formula is C15H17F5N4OS. The molecule has 11 heteroatoms. The summed E-state index contributed by atoms with van der Waals surface area (Å²) in [4.78, 5) is 18.7. The summed E-state index contributed by atoms with van der Waals surface area (Å²) in [6.07, 6.45) is -2.55. The predicted molar refractivity (Wildman–Crippen MR) is 87.7 cm³/mol. The number of fused-ring (bicyclic) bond motifs is 1. The third-order valence-corrected chi connectivity index (χ3v) is 5.58. The molecule has 2 aromatic rings. The number of nitrogens with zero attached hydrogens (tertiary/aromatic N) is 3. The molecular weight excluding hydrogens is 379 g/mol. The Morgan fingerprint density at radius 2 is 2.04 bits per heavy atom. The number of thioether (sulfide) groups is 1. The highest BCUT2D eigenvalue weighted by atomic mass is 32.2. The van der Waals surface area contributed by atoms with Crippen molar-refractivity contribution in [2.24, 2.45) is 0 Å². The van der Waals surface area contributed by atoms with Crippen LogP contribution in [0.15, 0.2) is 11.0 Å². The number of halogens is 5. The molecule has 0 spiro atoms. The first-order valence-corrected chi connectivity index (χ1v) is 9.33. The molecule has 2 heterocycles. The van der Waals surface area contributed by atoms with Crippen molar-refractivity contribution >= 4 is 22.8 Å². The van der Waals surface area contributed by atoms with Crippen molar-refractivity contribution in [3.8, 4) is 0 Å². The molecule has 5 nitrogen and oxygen atoms in total. The lowest BCUT2D eigenvalue weighted by Crippen LogP contribution is -2.29. The van der Waals surface area contributed by atoms with Crippen molar-refractivity contribution in [1.82, 2.24) is 19.7 Å². The zero-order valence-corrected chi connectivity index (χ0v) is 14.6. The lowest BCUT2D eigenvalue weighted by molar-refractivity contribution is -0.128. The van der Waals surface area contributed by atoms with E-state index in [9.17, 15) is 26.7 Å². The van der Waals surface area contributed by atoms with Crippen molar-refractivity contribution in [2.45, 2.75) is 55.5 Å². The molecule has 1 aliphatic rings. The van der Waals surface area contributed by atoms with E-state index in [-0.39, 0.29) is 48.6 Å². The van der Waals surface area contributed by atoms with Crippen molar-refractivity contribution < 1.29 is 22.0 Å².